The van der Waals surface area contributed by atoms with Crippen molar-refractivity contribution < 1.29 is 18.0 Å². The van der Waals surface area contributed by atoms with Crippen LogP contribution < -0.4 is 5.32 Å². The average Bonchev–Trinajstić information content (AvgIpc) is 2.24. The quantitative estimate of drug-likeness (QED) is 0.706. The van der Waals surface area contributed by atoms with Gasteiger partial charge in [-0.1, -0.05) is 0 Å². The van der Waals surface area contributed by atoms with Crippen LogP contribution >= 0.6 is 0 Å². The van der Waals surface area contributed by atoms with Crippen LogP contribution in [0.4, 0.5) is 13.2 Å². The van der Waals surface area contributed by atoms with E-state index in [2.05, 4.69) is 5.32 Å². The average molecular weight is 254 g/mol. The molecule has 0 spiro atoms. The van der Waals surface area contributed by atoms with Crippen LogP contribution in [0.15, 0.2) is 0 Å². The van der Waals surface area contributed by atoms with Gasteiger partial charge in [-0.25, -0.2) is 0 Å². The van der Waals surface area contributed by atoms with Gasteiger partial charge in [0.1, 0.15) is 0 Å². The lowest BCUT2D eigenvalue weighted by Crippen LogP contribution is -2.45. The van der Waals surface area contributed by atoms with Crippen molar-refractivity contribution in [1.29, 1.82) is 0 Å². The smallest absolute Gasteiger partial charge is 0.342 e. The maximum Gasteiger partial charge on any atom is 0.389 e. The summed E-state index contributed by atoms with van der Waals surface area (Å²) in [5, 5.41) is 2.81. The Labute approximate surface area is 100 Å². The molecule has 0 heterocycles. The molecule has 1 amide bonds. The second-order valence-electron chi connectivity index (χ2n) is 3.91. The van der Waals surface area contributed by atoms with E-state index >= 15 is 0 Å². The fourth-order valence-electron chi connectivity index (χ4n) is 1.50. The van der Waals surface area contributed by atoms with Gasteiger partial charge in [0, 0.05) is 19.5 Å². The number of halogens is 3. The molecule has 0 aliphatic heterocycles. The molecule has 1 unspecified atom stereocenters. The van der Waals surface area contributed by atoms with E-state index < -0.39 is 18.6 Å². The van der Waals surface area contributed by atoms with Gasteiger partial charge in [-0.05, 0) is 33.7 Å². The van der Waals surface area contributed by atoms with E-state index in [1.807, 2.05) is 13.8 Å². The van der Waals surface area contributed by atoms with E-state index in [-0.39, 0.29) is 18.9 Å². The second kappa shape index (κ2) is 7.53. The number of likely N-dealkylation sites (N-methyl/N-ethyl adjacent to an activating group) is 1. The van der Waals surface area contributed by atoms with Crippen LogP contribution in [-0.2, 0) is 4.79 Å². The molecule has 102 valence electrons. The van der Waals surface area contributed by atoms with Gasteiger partial charge in [-0.3, -0.25) is 4.79 Å². The fraction of sp³-hybridized carbons (Fsp3) is 0.909. The number of alkyl halides is 3. The lowest BCUT2D eigenvalue weighted by molar-refractivity contribution is -0.135. The third-order valence-electron chi connectivity index (χ3n) is 2.53. The molecule has 0 aromatic heterocycles. The predicted molar refractivity (Wildman–Crippen MR) is 60.7 cm³/mol. The minimum absolute atomic E-state index is 0.000625. The van der Waals surface area contributed by atoms with Crippen molar-refractivity contribution in [2.75, 3.05) is 19.6 Å². The molecule has 6 heteroatoms. The Hall–Kier alpha value is -0.780. The third kappa shape index (κ3) is 7.20. The van der Waals surface area contributed by atoms with Crippen molar-refractivity contribution in [1.82, 2.24) is 10.2 Å². The van der Waals surface area contributed by atoms with Gasteiger partial charge in [0.05, 0.1) is 6.04 Å². The van der Waals surface area contributed by atoms with Crippen LogP contribution in [0, 0.1) is 0 Å². The first-order valence-electron chi connectivity index (χ1n) is 5.90. The molecule has 0 fully saturated rings. The van der Waals surface area contributed by atoms with E-state index in [0.29, 0.717) is 13.1 Å². The summed E-state index contributed by atoms with van der Waals surface area (Å²) < 4.78 is 35.6. The highest BCUT2D eigenvalue weighted by Crippen LogP contribution is 2.20. The molecular weight excluding hydrogens is 233 g/mol. The SMILES string of the molecule is CCN(CC)C(=O)C(C)NCCCC(F)(F)F. The van der Waals surface area contributed by atoms with Crippen molar-refractivity contribution in [2.24, 2.45) is 0 Å². The normalized spacial score (nSPS) is 13.5. The lowest BCUT2D eigenvalue weighted by atomic mass is 10.2. The molecule has 1 atom stereocenters. The lowest BCUT2D eigenvalue weighted by Gasteiger charge is -2.23. The summed E-state index contributed by atoms with van der Waals surface area (Å²) >= 11 is 0. The van der Waals surface area contributed by atoms with E-state index in [9.17, 15) is 18.0 Å². The third-order valence-corrected chi connectivity index (χ3v) is 2.53. The molecule has 0 bridgehead atoms. The molecule has 0 saturated carbocycles. The number of nitrogens with one attached hydrogen (secondary N) is 1. The van der Waals surface area contributed by atoms with Gasteiger partial charge < -0.3 is 10.2 Å². The summed E-state index contributed by atoms with van der Waals surface area (Å²) in [6.45, 7) is 6.85. The summed E-state index contributed by atoms with van der Waals surface area (Å²) in [6.07, 6.45) is -4.93. The van der Waals surface area contributed by atoms with Crippen LogP contribution in [-0.4, -0.2) is 42.7 Å². The maximum absolute atomic E-state index is 11.9. The predicted octanol–water partition coefficient (Wildman–Crippen LogP) is 2.18. The monoisotopic (exact) mass is 254 g/mol. The highest BCUT2D eigenvalue weighted by molar-refractivity contribution is 5.81. The van der Waals surface area contributed by atoms with Crippen molar-refractivity contribution in [3.63, 3.8) is 0 Å². The van der Waals surface area contributed by atoms with Gasteiger partial charge in [-0.15, -0.1) is 0 Å². The molecule has 3 nitrogen and oxygen atoms in total. The second-order valence-corrected chi connectivity index (χ2v) is 3.91. The number of nitrogens with zero attached hydrogens (tertiary/aromatic N) is 1. The van der Waals surface area contributed by atoms with E-state index in [1.54, 1.807) is 11.8 Å². The Morgan fingerprint density at radius 2 is 1.82 bits per heavy atom. The highest BCUT2D eigenvalue weighted by atomic mass is 19.4. The summed E-state index contributed by atoms with van der Waals surface area (Å²) in [7, 11) is 0. The first kappa shape index (κ1) is 16.2. The molecule has 0 aliphatic rings. The molecule has 0 aliphatic carbocycles. The standard InChI is InChI=1S/C11H21F3N2O/c1-4-16(5-2)10(17)9(3)15-8-6-7-11(12,13)14/h9,15H,4-8H2,1-3H3. The number of carbonyl (C=O) groups excluding carboxylic acids is 1. The van der Waals surface area contributed by atoms with Crippen LogP contribution in [0.1, 0.15) is 33.6 Å². The number of hydrogen-bond acceptors (Lipinski definition) is 2. The summed E-state index contributed by atoms with van der Waals surface area (Å²) in [6, 6.07) is -0.428. The van der Waals surface area contributed by atoms with Crippen molar-refractivity contribution in [2.45, 2.75) is 45.8 Å². The highest BCUT2D eigenvalue weighted by Gasteiger charge is 2.26. The van der Waals surface area contributed by atoms with E-state index in [1.165, 1.54) is 0 Å². The Morgan fingerprint density at radius 3 is 2.24 bits per heavy atom. The number of carbonyl (C=O) groups is 1. The molecule has 17 heavy (non-hydrogen) atoms. The van der Waals surface area contributed by atoms with Crippen LogP contribution in [0.3, 0.4) is 0 Å². The van der Waals surface area contributed by atoms with Crippen molar-refractivity contribution in [3.05, 3.63) is 0 Å². The zero-order valence-corrected chi connectivity index (χ0v) is 10.6. The molecular formula is C11H21F3N2O. The molecule has 0 aromatic rings. The topological polar surface area (TPSA) is 32.3 Å². The van der Waals surface area contributed by atoms with E-state index in [0.717, 1.165) is 0 Å². The van der Waals surface area contributed by atoms with Gasteiger partial charge in [-0.2, -0.15) is 13.2 Å². The van der Waals surface area contributed by atoms with Gasteiger partial charge in [0.15, 0.2) is 0 Å². The summed E-state index contributed by atoms with van der Waals surface area (Å²) in [5.74, 6) is -0.0676. The minimum Gasteiger partial charge on any atom is -0.342 e. The van der Waals surface area contributed by atoms with Crippen LogP contribution in [0.2, 0.25) is 0 Å². The number of amides is 1. The molecule has 0 radical (unpaired) electrons. The number of hydrogen-bond donors (Lipinski definition) is 1. The van der Waals surface area contributed by atoms with Gasteiger partial charge in [0.25, 0.3) is 0 Å². The van der Waals surface area contributed by atoms with E-state index in [4.69, 9.17) is 0 Å². The summed E-state index contributed by atoms with van der Waals surface area (Å²) in [4.78, 5) is 13.4. The Balaban J connectivity index is 3.86. The zero-order chi connectivity index (χ0) is 13.5. The fourth-order valence-corrected chi connectivity index (χ4v) is 1.50. The minimum atomic E-state index is -4.12. The van der Waals surface area contributed by atoms with Crippen molar-refractivity contribution >= 4 is 5.91 Å². The van der Waals surface area contributed by atoms with Crippen molar-refractivity contribution in [3.8, 4) is 0 Å². The largest absolute Gasteiger partial charge is 0.389 e. The molecule has 0 rings (SSSR count). The molecule has 0 saturated heterocycles. The molecule has 0 aromatic carbocycles. The Kier molecular flexibility index (Phi) is 7.18. The maximum atomic E-state index is 11.9. The Bertz CT molecular complexity index is 227. The zero-order valence-electron chi connectivity index (χ0n) is 10.6. The van der Waals surface area contributed by atoms with Crippen LogP contribution in [0.5, 0.6) is 0 Å². The first-order chi connectivity index (χ1) is 7.81. The van der Waals surface area contributed by atoms with Crippen LogP contribution in [0.25, 0.3) is 0 Å². The Morgan fingerprint density at radius 1 is 1.29 bits per heavy atom. The first-order valence-corrected chi connectivity index (χ1v) is 5.90. The van der Waals surface area contributed by atoms with Gasteiger partial charge in [0.2, 0.25) is 5.91 Å². The summed E-state index contributed by atoms with van der Waals surface area (Å²) in [5.41, 5.74) is 0. The molecule has 1 N–H and O–H groups in total. The number of rotatable bonds is 7. The van der Waals surface area contributed by atoms with Gasteiger partial charge >= 0.3 is 6.18 Å².